The van der Waals surface area contributed by atoms with Crippen LogP contribution in [0.3, 0.4) is 0 Å². The third-order valence-electron chi connectivity index (χ3n) is 5.86. The third kappa shape index (κ3) is 3.38. The van der Waals surface area contributed by atoms with Gasteiger partial charge < -0.3 is 14.3 Å². The van der Waals surface area contributed by atoms with E-state index in [-0.39, 0.29) is 10.8 Å². The van der Waals surface area contributed by atoms with Crippen LogP contribution in [0.25, 0.3) is 21.5 Å². The molecule has 1 unspecified atom stereocenters. The molecule has 4 aromatic rings. The number of aromatic nitrogens is 5. The molecular formula is C21H22N6O2S2. The minimum Gasteiger partial charge on any atom is -0.464 e. The monoisotopic (exact) mass is 454 g/mol. The van der Waals surface area contributed by atoms with E-state index < -0.39 is 0 Å². The Hall–Kier alpha value is -2.59. The second kappa shape index (κ2) is 7.52. The van der Waals surface area contributed by atoms with Crippen LogP contribution in [-0.2, 0) is 0 Å². The number of anilines is 1. The Bertz CT molecular complexity index is 1280. The highest BCUT2D eigenvalue weighted by Gasteiger charge is 2.33. The predicted octanol–water partition coefficient (Wildman–Crippen LogP) is 4.62. The number of aromatic amines is 1. The van der Waals surface area contributed by atoms with Crippen molar-refractivity contribution in [3.05, 3.63) is 40.0 Å². The molecule has 2 aliphatic rings. The van der Waals surface area contributed by atoms with Gasteiger partial charge in [-0.15, -0.1) is 21.5 Å². The first kappa shape index (κ1) is 19.1. The van der Waals surface area contributed by atoms with Gasteiger partial charge >= 0.3 is 0 Å². The highest BCUT2D eigenvalue weighted by Crippen LogP contribution is 2.44. The van der Waals surface area contributed by atoms with Crippen LogP contribution in [0.15, 0.2) is 38.1 Å². The maximum Gasteiger partial charge on any atom is 0.260 e. The number of furan rings is 1. The van der Waals surface area contributed by atoms with Crippen molar-refractivity contribution >= 4 is 39.3 Å². The van der Waals surface area contributed by atoms with Gasteiger partial charge in [-0.3, -0.25) is 9.36 Å². The van der Waals surface area contributed by atoms with E-state index in [2.05, 4.69) is 31.6 Å². The number of nitrogens with one attached hydrogen (secondary N) is 1. The van der Waals surface area contributed by atoms with Crippen molar-refractivity contribution in [3.63, 3.8) is 0 Å². The van der Waals surface area contributed by atoms with E-state index in [1.54, 1.807) is 18.0 Å². The standard InChI is InChI=1S/C21H22N6O2S2/c1-12(31-21-25-24-20(26-8-2-3-9-26)27(21)13-6-7-13)17-22-18(28)16-14(11-30-19(16)23-17)15-5-4-10-29-15/h4-5,10-13H,2-3,6-9H2,1H3,(H,22,23,28). The van der Waals surface area contributed by atoms with E-state index in [0.717, 1.165) is 34.6 Å². The number of thioether (sulfide) groups is 1. The van der Waals surface area contributed by atoms with Gasteiger partial charge in [0.15, 0.2) is 5.16 Å². The lowest BCUT2D eigenvalue weighted by Gasteiger charge is -2.18. The van der Waals surface area contributed by atoms with Crippen LogP contribution < -0.4 is 10.5 Å². The lowest BCUT2D eigenvalue weighted by atomic mass is 10.2. The van der Waals surface area contributed by atoms with Crippen LogP contribution in [0.1, 0.15) is 49.7 Å². The third-order valence-corrected chi connectivity index (χ3v) is 7.80. The molecule has 6 rings (SSSR count). The minimum absolute atomic E-state index is 0.0561. The molecule has 1 N–H and O–H groups in total. The Balaban J connectivity index is 1.32. The molecule has 1 aliphatic carbocycles. The molecular weight excluding hydrogens is 432 g/mol. The number of nitrogens with zero attached hydrogens (tertiary/aromatic N) is 5. The van der Waals surface area contributed by atoms with Crippen LogP contribution in [0, 0.1) is 0 Å². The molecule has 4 aromatic heterocycles. The first-order valence-corrected chi connectivity index (χ1v) is 12.4. The fraction of sp³-hybridized carbons (Fsp3) is 0.429. The van der Waals surface area contributed by atoms with Crippen LogP contribution in [0.4, 0.5) is 5.95 Å². The maximum atomic E-state index is 12.9. The van der Waals surface area contributed by atoms with Gasteiger partial charge in [0.05, 0.1) is 16.9 Å². The highest BCUT2D eigenvalue weighted by atomic mass is 32.2. The second-order valence-electron chi connectivity index (χ2n) is 8.10. The average Bonchev–Trinajstić information content (AvgIpc) is 3.27. The Morgan fingerprint density at radius 1 is 1.29 bits per heavy atom. The van der Waals surface area contributed by atoms with Crippen LogP contribution in [0.2, 0.25) is 0 Å². The van der Waals surface area contributed by atoms with Crippen molar-refractivity contribution in [2.24, 2.45) is 0 Å². The van der Waals surface area contributed by atoms with Crippen molar-refractivity contribution in [2.75, 3.05) is 18.0 Å². The Labute approximate surface area is 186 Å². The maximum absolute atomic E-state index is 12.9. The number of rotatable bonds is 6. The van der Waals surface area contributed by atoms with E-state index in [0.29, 0.717) is 23.0 Å². The van der Waals surface area contributed by atoms with Gasteiger partial charge in [-0.05, 0) is 44.7 Å². The summed E-state index contributed by atoms with van der Waals surface area (Å²) in [6, 6.07) is 4.17. The molecule has 0 radical (unpaired) electrons. The summed E-state index contributed by atoms with van der Waals surface area (Å²) in [6.45, 7) is 4.15. The molecule has 0 spiro atoms. The topological polar surface area (TPSA) is 92.8 Å². The molecule has 1 saturated carbocycles. The van der Waals surface area contributed by atoms with Crippen molar-refractivity contribution in [1.29, 1.82) is 0 Å². The quantitative estimate of drug-likeness (QED) is 0.425. The summed E-state index contributed by atoms with van der Waals surface area (Å²) in [6.07, 6.45) is 6.38. The number of hydrogen-bond acceptors (Lipinski definition) is 8. The van der Waals surface area contributed by atoms with Gasteiger partial charge in [0.1, 0.15) is 16.4 Å². The number of H-pyrrole nitrogens is 1. The van der Waals surface area contributed by atoms with Crippen LogP contribution in [-0.4, -0.2) is 37.8 Å². The van der Waals surface area contributed by atoms with Crippen molar-refractivity contribution in [3.8, 4) is 11.3 Å². The summed E-state index contributed by atoms with van der Waals surface area (Å²) in [5, 5.41) is 12.4. The van der Waals surface area contributed by atoms with Crippen molar-refractivity contribution < 1.29 is 4.42 Å². The van der Waals surface area contributed by atoms with E-state index in [1.165, 1.54) is 37.0 Å². The fourth-order valence-corrected chi connectivity index (χ4v) is 6.03. The first-order chi connectivity index (χ1) is 15.2. The lowest BCUT2D eigenvalue weighted by Crippen LogP contribution is -2.22. The molecule has 0 bridgehead atoms. The largest absolute Gasteiger partial charge is 0.464 e. The summed E-state index contributed by atoms with van der Waals surface area (Å²) in [7, 11) is 0. The van der Waals surface area contributed by atoms with Crippen molar-refractivity contribution in [1.82, 2.24) is 24.7 Å². The highest BCUT2D eigenvalue weighted by molar-refractivity contribution is 7.99. The van der Waals surface area contributed by atoms with Crippen LogP contribution >= 0.6 is 23.1 Å². The average molecular weight is 455 g/mol. The zero-order chi connectivity index (χ0) is 20.9. The normalized spacial score (nSPS) is 17.6. The molecule has 0 aromatic carbocycles. The number of thiophene rings is 1. The van der Waals surface area contributed by atoms with Crippen molar-refractivity contribution in [2.45, 2.75) is 49.1 Å². The summed E-state index contributed by atoms with van der Waals surface area (Å²) in [5.41, 5.74) is 0.649. The minimum atomic E-state index is -0.137. The van der Waals surface area contributed by atoms with E-state index >= 15 is 0 Å². The van der Waals surface area contributed by atoms with Gasteiger partial charge in [0, 0.05) is 30.1 Å². The zero-order valence-corrected chi connectivity index (χ0v) is 18.7. The van der Waals surface area contributed by atoms with Gasteiger partial charge in [0.2, 0.25) is 5.95 Å². The summed E-state index contributed by atoms with van der Waals surface area (Å²) in [4.78, 5) is 23.7. The number of hydrogen-bond donors (Lipinski definition) is 1. The molecule has 10 heteroatoms. The molecule has 1 saturated heterocycles. The zero-order valence-electron chi connectivity index (χ0n) is 17.1. The molecule has 0 amide bonds. The Morgan fingerprint density at radius 3 is 2.87 bits per heavy atom. The van der Waals surface area contributed by atoms with E-state index in [9.17, 15) is 4.79 Å². The van der Waals surface area contributed by atoms with Gasteiger partial charge in [-0.1, -0.05) is 11.8 Å². The molecule has 8 nitrogen and oxygen atoms in total. The van der Waals surface area contributed by atoms with Gasteiger partial charge in [-0.2, -0.15) is 0 Å². The van der Waals surface area contributed by atoms with E-state index in [1.807, 2.05) is 17.5 Å². The fourth-order valence-electron chi connectivity index (χ4n) is 4.12. The van der Waals surface area contributed by atoms with Gasteiger partial charge in [-0.25, -0.2) is 4.98 Å². The molecule has 31 heavy (non-hydrogen) atoms. The SMILES string of the molecule is CC(Sc1nnc(N2CCCC2)n1C1CC1)c1nc2scc(-c3ccco3)c2c(=O)[nH]1. The van der Waals surface area contributed by atoms with Crippen LogP contribution in [0.5, 0.6) is 0 Å². The predicted molar refractivity (Wildman–Crippen MR) is 122 cm³/mol. The molecule has 160 valence electrons. The molecule has 1 aliphatic heterocycles. The molecule has 1 atom stereocenters. The molecule has 2 fully saturated rings. The molecule has 5 heterocycles. The Morgan fingerprint density at radius 2 is 2.13 bits per heavy atom. The lowest BCUT2D eigenvalue weighted by molar-refractivity contribution is 0.583. The second-order valence-corrected chi connectivity index (χ2v) is 10.3. The first-order valence-electron chi connectivity index (χ1n) is 10.6. The Kier molecular flexibility index (Phi) is 4.64. The van der Waals surface area contributed by atoms with E-state index in [4.69, 9.17) is 9.40 Å². The van der Waals surface area contributed by atoms with Gasteiger partial charge in [0.25, 0.3) is 5.56 Å². The smallest absolute Gasteiger partial charge is 0.260 e. The summed E-state index contributed by atoms with van der Waals surface area (Å²) >= 11 is 3.07. The number of fused-ring (bicyclic) bond motifs is 1. The summed E-state index contributed by atoms with van der Waals surface area (Å²) in [5.74, 6) is 2.33. The summed E-state index contributed by atoms with van der Waals surface area (Å²) < 4.78 is 7.78.